The Morgan fingerprint density at radius 3 is 2.59 bits per heavy atom. The number of rotatable bonds is 2. The Kier molecular flexibility index (Phi) is 3.47. The van der Waals surface area contributed by atoms with E-state index in [9.17, 15) is 8.78 Å². The van der Waals surface area contributed by atoms with E-state index in [0.29, 0.717) is 23.9 Å². The fourth-order valence-corrected chi connectivity index (χ4v) is 2.20. The summed E-state index contributed by atoms with van der Waals surface area (Å²) in [4.78, 5) is 8.19. The van der Waals surface area contributed by atoms with Gasteiger partial charge in [-0.1, -0.05) is 11.6 Å². The second-order valence-corrected chi connectivity index (χ2v) is 4.82. The van der Waals surface area contributed by atoms with Gasteiger partial charge in [0.1, 0.15) is 5.15 Å². The average Bonchev–Trinajstić information content (AvgIpc) is 2.20. The lowest BCUT2D eigenvalue weighted by Crippen LogP contribution is -2.32. The molecule has 0 bridgehead atoms. The minimum Gasteiger partial charge on any atom is -0.351 e. The molecule has 0 atom stereocenters. The van der Waals surface area contributed by atoms with Crippen LogP contribution in [-0.2, 0) is 0 Å². The summed E-state index contributed by atoms with van der Waals surface area (Å²) in [6, 6.07) is 1.66. The molecule has 0 radical (unpaired) electrons. The van der Waals surface area contributed by atoms with Gasteiger partial charge in [-0.3, -0.25) is 0 Å². The normalized spacial score (nSPS) is 20.2. The van der Waals surface area contributed by atoms with Gasteiger partial charge in [-0.25, -0.2) is 18.7 Å². The highest BCUT2D eigenvalue weighted by Gasteiger charge is 2.35. The van der Waals surface area contributed by atoms with Gasteiger partial charge in [-0.15, -0.1) is 0 Å². The molecular formula is C11H14ClF2N3. The van der Waals surface area contributed by atoms with E-state index >= 15 is 0 Å². The van der Waals surface area contributed by atoms with Gasteiger partial charge in [0, 0.05) is 24.6 Å². The van der Waals surface area contributed by atoms with E-state index in [4.69, 9.17) is 11.6 Å². The molecular weight excluding hydrogens is 248 g/mol. The third-order valence-corrected chi connectivity index (χ3v) is 3.07. The Morgan fingerprint density at radius 2 is 2.00 bits per heavy atom. The molecule has 1 aromatic heterocycles. The zero-order valence-electron chi connectivity index (χ0n) is 9.51. The van der Waals surface area contributed by atoms with E-state index < -0.39 is 5.92 Å². The molecule has 0 saturated heterocycles. The first-order valence-corrected chi connectivity index (χ1v) is 5.98. The van der Waals surface area contributed by atoms with E-state index in [0.717, 1.165) is 5.69 Å². The van der Waals surface area contributed by atoms with Crippen molar-refractivity contribution in [2.75, 3.05) is 5.32 Å². The smallest absolute Gasteiger partial charge is 0.248 e. The molecule has 1 fully saturated rings. The molecule has 0 spiro atoms. The van der Waals surface area contributed by atoms with Crippen molar-refractivity contribution in [3.05, 3.63) is 16.9 Å². The Bertz CT molecular complexity index is 381. The van der Waals surface area contributed by atoms with Crippen LogP contribution in [0.5, 0.6) is 0 Å². The first-order chi connectivity index (χ1) is 7.94. The number of hydrogen-bond acceptors (Lipinski definition) is 3. The summed E-state index contributed by atoms with van der Waals surface area (Å²) in [5.41, 5.74) is 0.758. The molecule has 0 aromatic carbocycles. The molecule has 3 nitrogen and oxygen atoms in total. The molecule has 1 heterocycles. The second-order valence-electron chi connectivity index (χ2n) is 4.43. The van der Waals surface area contributed by atoms with E-state index in [1.165, 1.54) is 0 Å². The topological polar surface area (TPSA) is 37.8 Å². The zero-order chi connectivity index (χ0) is 12.5. The van der Waals surface area contributed by atoms with E-state index in [-0.39, 0.29) is 18.9 Å². The van der Waals surface area contributed by atoms with Crippen molar-refractivity contribution in [1.82, 2.24) is 9.97 Å². The number of aromatic nitrogens is 2. The summed E-state index contributed by atoms with van der Waals surface area (Å²) in [5, 5.41) is 3.42. The number of nitrogens with one attached hydrogen (secondary N) is 1. The summed E-state index contributed by atoms with van der Waals surface area (Å²) in [7, 11) is 0. The second kappa shape index (κ2) is 4.72. The van der Waals surface area contributed by atoms with Crippen LogP contribution in [0.3, 0.4) is 0 Å². The van der Waals surface area contributed by atoms with Gasteiger partial charge in [0.05, 0.1) is 0 Å². The highest BCUT2D eigenvalue weighted by molar-refractivity contribution is 6.29. The molecule has 1 aromatic rings. The van der Waals surface area contributed by atoms with Crippen LogP contribution in [0.15, 0.2) is 6.07 Å². The van der Waals surface area contributed by atoms with Gasteiger partial charge in [0.2, 0.25) is 11.9 Å². The maximum Gasteiger partial charge on any atom is 0.248 e. The van der Waals surface area contributed by atoms with Gasteiger partial charge in [-0.05, 0) is 25.8 Å². The lowest BCUT2D eigenvalue weighted by Gasteiger charge is -2.28. The summed E-state index contributed by atoms with van der Waals surface area (Å²) in [6.07, 6.45) is 0.707. The molecule has 17 heavy (non-hydrogen) atoms. The van der Waals surface area contributed by atoms with Crippen molar-refractivity contribution in [2.24, 2.45) is 0 Å². The molecule has 2 rings (SSSR count). The van der Waals surface area contributed by atoms with Crippen LogP contribution < -0.4 is 5.32 Å². The molecule has 6 heteroatoms. The van der Waals surface area contributed by atoms with E-state index in [2.05, 4.69) is 15.3 Å². The number of alkyl halides is 2. The monoisotopic (exact) mass is 261 g/mol. The van der Waals surface area contributed by atoms with E-state index in [1.807, 2.05) is 6.92 Å². The van der Waals surface area contributed by atoms with Crippen LogP contribution in [0.1, 0.15) is 31.4 Å². The van der Waals surface area contributed by atoms with Crippen molar-refractivity contribution < 1.29 is 8.78 Å². The first-order valence-electron chi connectivity index (χ1n) is 5.60. The molecule has 1 N–H and O–H groups in total. The Hall–Kier alpha value is -0.970. The Morgan fingerprint density at radius 1 is 1.35 bits per heavy atom. The zero-order valence-corrected chi connectivity index (χ0v) is 10.3. The van der Waals surface area contributed by atoms with Crippen molar-refractivity contribution in [3.8, 4) is 0 Å². The number of aryl methyl sites for hydroxylation is 1. The van der Waals surface area contributed by atoms with Gasteiger partial charge in [0.15, 0.2) is 0 Å². The van der Waals surface area contributed by atoms with Crippen LogP contribution >= 0.6 is 11.6 Å². The largest absolute Gasteiger partial charge is 0.351 e. The lowest BCUT2D eigenvalue weighted by atomic mass is 9.92. The molecule has 1 aliphatic rings. The fourth-order valence-electron chi connectivity index (χ4n) is 1.96. The number of anilines is 1. The Labute approximate surface area is 104 Å². The van der Waals surface area contributed by atoms with Crippen LogP contribution in [0, 0.1) is 6.92 Å². The molecule has 94 valence electrons. The molecule has 1 aliphatic carbocycles. The number of hydrogen-bond donors (Lipinski definition) is 1. The van der Waals surface area contributed by atoms with Crippen molar-refractivity contribution in [3.63, 3.8) is 0 Å². The predicted molar refractivity (Wildman–Crippen MR) is 62.6 cm³/mol. The minimum atomic E-state index is -2.51. The molecule has 1 saturated carbocycles. The average molecular weight is 262 g/mol. The highest BCUT2D eigenvalue weighted by Crippen LogP contribution is 2.33. The standard InChI is InChI=1S/C11H14ClF2N3/c1-7-6-9(12)17-10(15-7)16-8-2-4-11(13,14)5-3-8/h6,8H,2-5H2,1H3,(H,15,16,17). The third-order valence-electron chi connectivity index (χ3n) is 2.87. The summed E-state index contributed by atoms with van der Waals surface area (Å²) >= 11 is 5.80. The van der Waals surface area contributed by atoms with Crippen LogP contribution in [0.2, 0.25) is 5.15 Å². The van der Waals surface area contributed by atoms with Crippen molar-refractivity contribution in [1.29, 1.82) is 0 Å². The minimum absolute atomic E-state index is 0.00694. The lowest BCUT2D eigenvalue weighted by molar-refractivity contribution is -0.0361. The highest BCUT2D eigenvalue weighted by atomic mass is 35.5. The SMILES string of the molecule is Cc1cc(Cl)nc(NC2CCC(F)(F)CC2)n1. The quantitative estimate of drug-likeness (QED) is 0.829. The first kappa shape index (κ1) is 12.5. The van der Waals surface area contributed by atoms with Gasteiger partial charge in [-0.2, -0.15) is 0 Å². The van der Waals surface area contributed by atoms with Crippen LogP contribution in [0.4, 0.5) is 14.7 Å². The third kappa shape index (κ3) is 3.49. The number of halogens is 3. The summed E-state index contributed by atoms with van der Waals surface area (Å²) < 4.78 is 25.9. The number of nitrogens with zero attached hydrogens (tertiary/aromatic N) is 2. The van der Waals surface area contributed by atoms with Crippen LogP contribution in [-0.4, -0.2) is 21.9 Å². The van der Waals surface area contributed by atoms with Gasteiger partial charge in [0.25, 0.3) is 0 Å². The van der Waals surface area contributed by atoms with Crippen LogP contribution in [0.25, 0.3) is 0 Å². The Balaban J connectivity index is 1.97. The molecule has 0 amide bonds. The van der Waals surface area contributed by atoms with Gasteiger partial charge >= 0.3 is 0 Å². The van der Waals surface area contributed by atoms with Gasteiger partial charge < -0.3 is 5.32 Å². The molecule has 0 unspecified atom stereocenters. The predicted octanol–water partition coefficient (Wildman–Crippen LogP) is 3.43. The molecule has 0 aliphatic heterocycles. The van der Waals surface area contributed by atoms with E-state index in [1.54, 1.807) is 6.07 Å². The van der Waals surface area contributed by atoms with Crippen molar-refractivity contribution in [2.45, 2.75) is 44.6 Å². The van der Waals surface area contributed by atoms with Crippen molar-refractivity contribution >= 4 is 17.5 Å². The maximum absolute atomic E-state index is 13.0. The maximum atomic E-state index is 13.0. The summed E-state index contributed by atoms with van der Waals surface area (Å²) in [6.45, 7) is 1.81. The summed E-state index contributed by atoms with van der Waals surface area (Å²) in [5.74, 6) is -2.09. The fraction of sp³-hybridized carbons (Fsp3) is 0.636.